The van der Waals surface area contributed by atoms with Crippen molar-refractivity contribution in [2.24, 2.45) is 0 Å². The van der Waals surface area contributed by atoms with Crippen molar-refractivity contribution in [2.75, 3.05) is 5.73 Å². The molecule has 0 aliphatic rings. The van der Waals surface area contributed by atoms with Crippen molar-refractivity contribution >= 4 is 17.4 Å². The lowest BCUT2D eigenvalue weighted by Crippen LogP contribution is -2.03. The van der Waals surface area contributed by atoms with Crippen molar-refractivity contribution in [3.05, 3.63) is 58.2 Å². The Balaban J connectivity index is 2.16. The molecule has 2 aromatic rings. The van der Waals surface area contributed by atoms with Gasteiger partial charge in [0.25, 0.3) is 0 Å². The van der Waals surface area contributed by atoms with Gasteiger partial charge in [-0.2, -0.15) is 0 Å². The van der Waals surface area contributed by atoms with Crippen molar-refractivity contribution in [3.8, 4) is 0 Å². The number of aliphatic hydroxyl groups excluding tert-OH is 1. The molecule has 1 aromatic carbocycles. The first kappa shape index (κ1) is 12.9. The van der Waals surface area contributed by atoms with E-state index in [1.54, 1.807) is 18.3 Å². The fourth-order valence-electron chi connectivity index (χ4n) is 1.78. The van der Waals surface area contributed by atoms with E-state index in [-0.39, 0.29) is 0 Å². The van der Waals surface area contributed by atoms with Crippen molar-refractivity contribution in [1.82, 2.24) is 4.98 Å². The number of nitrogen functional groups attached to an aromatic ring is 1. The van der Waals surface area contributed by atoms with E-state index < -0.39 is 6.10 Å². The van der Waals surface area contributed by atoms with Gasteiger partial charge in [-0.15, -0.1) is 0 Å². The lowest BCUT2D eigenvalue weighted by atomic mass is 10.0. The highest BCUT2D eigenvalue weighted by molar-refractivity contribution is 6.31. The van der Waals surface area contributed by atoms with Gasteiger partial charge in [0, 0.05) is 17.6 Å². The minimum atomic E-state index is -0.593. The van der Waals surface area contributed by atoms with E-state index in [1.165, 1.54) is 0 Å². The Morgan fingerprint density at radius 2 is 2.11 bits per heavy atom. The van der Waals surface area contributed by atoms with E-state index >= 15 is 0 Å². The summed E-state index contributed by atoms with van der Waals surface area (Å²) in [6.07, 6.45) is 1.54. The Hall–Kier alpha value is -1.58. The Bertz CT molecular complexity index is 557. The summed E-state index contributed by atoms with van der Waals surface area (Å²) >= 11 is 6.05. The maximum Gasteiger partial charge on any atom is 0.123 e. The molecule has 2 rings (SSSR count). The molecule has 1 heterocycles. The van der Waals surface area contributed by atoms with Gasteiger partial charge in [0.15, 0.2) is 0 Å². The number of anilines is 1. The maximum absolute atomic E-state index is 10.2. The molecule has 1 unspecified atom stereocenters. The molecular formula is C14H15ClN2O. The smallest absolute Gasteiger partial charge is 0.123 e. The number of aliphatic hydroxyl groups is 1. The molecule has 3 nitrogen and oxygen atoms in total. The van der Waals surface area contributed by atoms with E-state index in [0.717, 1.165) is 16.7 Å². The van der Waals surface area contributed by atoms with Crippen LogP contribution in [0.1, 0.15) is 22.8 Å². The second-order valence-corrected chi connectivity index (χ2v) is 4.72. The van der Waals surface area contributed by atoms with E-state index in [0.29, 0.717) is 17.3 Å². The summed E-state index contributed by atoms with van der Waals surface area (Å²) in [4.78, 5) is 3.92. The summed E-state index contributed by atoms with van der Waals surface area (Å²) in [5, 5.41) is 10.8. The number of aromatic nitrogens is 1. The van der Waals surface area contributed by atoms with E-state index in [1.807, 2.05) is 25.1 Å². The van der Waals surface area contributed by atoms with Gasteiger partial charge in [-0.05, 0) is 41.8 Å². The molecule has 1 aromatic heterocycles. The van der Waals surface area contributed by atoms with Crippen LogP contribution in [0.25, 0.3) is 0 Å². The van der Waals surface area contributed by atoms with E-state index in [2.05, 4.69) is 4.98 Å². The zero-order chi connectivity index (χ0) is 13.1. The normalized spacial score (nSPS) is 12.4. The highest BCUT2D eigenvalue weighted by Crippen LogP contribution is 2.24. The van der Waals surface area contributed by atoms with Gasteiger partial charge in [-0.1, -0.05) is 23.7 Å². The Morgan fingerprint density at radius 3 is 2.78 bits per heavy atom. The molecule has 0 radical (unpaired) electrons. The lowest BCUT2D eigenvalue weighted by molar-refractivity contribution is 0.178. The third-order valence-corrected chi connectivity index (χ3v) is 3.26. The largest absolute Gasteiger partial charge is 0.388 e. The SMILES string of the molecule is Cc1ccc(C(O)Cc2ccnc(N)c2)cc1Cl. The number of rotatable bonds is 3. The molecule has 0 aliphatic carbocycles. The molecule has 0 bridgehead atoms. The minimum Gasteiger partial charge on any atom is -0.388 e. The standard InChI is InChI=1S/C14H15ClN2O/c1-9-2-3-11(8-12(9)15)13(18)6-10-4-5-17-14(16)7-10/h2-5,7-8,13,18H,6H2,1H3,(H2,16,17). The first-order valence-electron chi connectivity index (χ1n) is 5.71. The summed E-state index contributed by atoms with van der Waals surface area (Å²) in [6.45, 7) is 1.93. The van der Waals surface area contributed by atoms with Crippen LogP contribution in [0.2, 0.25) is 5.02 Å². The van der Waals surface area contributed by atoms with Crippen LogP contribution in [0, 0.1) is 6.92 Å². The number of nitrogens with zero attached hydrogens (tertiary/aromatic N) is 1. The van der Waals surface area contributed by atoms with Crippen LogP contribution in [-0.4, -0.2) is 10.1 Å². The number of hydrogen-bond acceptors (Lipinski definition) is 3. The predicted octanol–water partition coefficient (Wildman–Crippen LogP) is 2.90. The average Bonchev–Trinajstić information content (AvgIpc) is 2.32. The summed E-state index contributed by atoms with van der Waals surface area (Å²) in [6, 6.07) is 9.19. The van der Waals surface area contributed by atoms with Gasteiger partial charge in [-0.25, -0.2) is 4.98 Å². The van der Waals surface area contributed by atoms with Crippen LogP contribution in [0.3, 0.4) is 0 Å². The molecule has 4 heteroatoms. The molecule has 1 atom stereocenters. The van der Waals surface area contributed by atoms with Crippen LogP contribution < -0.4 is 5.73 Å². The number of pyridine rings is 1. The summed E-state index contributed by atoms with van der Waals surface area (Å²) < 4.78 is 0. The van der Waals surface area contributed by atoms with Crippen molar-refractivity contribution in [1.29, 1.82) is 0 Å². The van der Waals surface area contributed by atoms with Crippen LogP contribution in [-0.2, 0) is 6.42 Å². The second-order valence-electron chi connectivity index (χ2n) is 4.32. The molecule has 0 saturated carbocycles. The predicted molar refractivity (Wildman–Crippen MR) is 73.5 cm³/mol. The molecule has 3 N–H and O–H groups in total. The van der Waals surface area contributed by atoms with Crippen LogP contribution >= 0.6 is 11.6 Å². The Kier molecular flexibility index (Phi) is 3.84. The maximum atomic E-state index is 10.2. The van der Waals surface area contributed by atoms with Gasteiger partial charge in [0.05, 0.1) is 6.10 Å². The fourth-order valence-corrected chi connectivity index (χ4v) is 1.97. The second kappa shape index (κ2) is 5.38. The van der Waals surface area contributed by atoms with Gasteiger partial charge in [0.2, 0.25) is 0 Å². The topological polar surface area (TPSA) is 59.1 Å². The zero-order valence-electron chi connectivity index (χ0n) is 10.1. The molecule has 94 valence electrons. The highest BCUT2D eigenvalue weighted by atomic mass is 35.5. The molecular weight excluding hydrogens is 248 g/mol. The van der Waals surface area contributed by atoms with Gasteiger partial charge < -0.3 is 10.8 Å². The monoisotopic (exact) mass is 262 g/mol. The van der Waals surface area contributed by atoms with E-state index in [4.69, 9.17) is 17.3 Å². The molecule has 0 saturated heterocycles. The summed E-state index contributed by atoms with van der Waals surface area (Å²) in [5.41, 5.74) is 8.36. The third kappa shape index (κ3) is 3.00. The Morgan fingerprint density at radius 1 is 1.33 bits per heavy atom. The van der Waals surface area contributed by atoms with Gasteiger partial charge in [0.1, 0.15) is 5.82 Å². The number of nitrogens with two attached hydrogens (primary N) is 1. The molecule has 0 spiro atoms. The highest BCUT2D eigenvalue weighted by Gasteiger charge is 2.10. The Labute approximate surface area is 111 Å². The van der Waals surface area contributed by atoms with Crippen LogP contribution in [0.5, 0.6) is 0 Å². The number of halogens is 1. The van der Waals surface area contributed by atoms with Crippen molar-refractivity contribution in [2.45, 2.75) is 19.4 Å². The van der Waals surface area contributed by atoms with Crippen molar-refractivity contribution in [3.63, 3.8) is 0 Å². The molecule has 0 fully saturated rings. The molecule has 0 aliphatic heterocycles. The van der Waals surface area contributed by atoms with Crippen LogP contribution in [0.15, 0.2) is 36.5 Å². The molecule has 0 amide bonds. The van der Waals surface area contributed by atoms with Crippen LogP contribution in [0.4, 0.5) is 5.82 Å². The fraction of sp³-hybridized carbons (Fsp3) is 0.214. The number of hydrogen-bond donors (Lipinski definition) is 2. The first-order valence-corrected chi connectivity index (χ1v) is 6.08. The quantitative estimate of drug-likeness (QED) is 0.894. The third-order valence-electron chi connectivity index (χ3n) is 2.86. The van der Waals surface area contributed by atoms with Gasteiger partial charge >= 0.3 is 0 Å². The average molecular weight is 263 g/mol. The van der Waals surface area contributed by atoms with Crippen molar-refractivity contribution < 1.29 is 5.11 Å². The first-order chi connectivity index (χ1) is 8.56. The van der Waals surface area contributed by atoms with E-state index in [9.17, 15) is 5.11 Å². The lowest BCUT2D eigenvalue weighted by Gasteiger charge is -2.12. The summed E-state index contributed by atoms with van der Waals surface area (Å²) in [7, 11) is 0. The molecule has 18 heavy (non-hydrogen) atoms. The summed E-state index contributed by atoms with van der Waals surface area (Å²) in [5.74, 6) is 0.460. The number of benzene rings is 1. The number of aryl methyl sites for hydroxylation is 1. The van der Waals surface area contributed by atoms with Gasteiger partial charge in [-0.3, -0.25) is 0 Å². The minimum absolute atomic E-state index is 0.460. The zero-order valence-corrected chi connectivity index (χ0v) is 10.9.